The van der Waals surface area contributed by atoms with Gasteiger partial charge >= 0.3 is 0 Å². The molecule has 204 valence electrons. The number of nitrogens with zero attached hydrogens (tertiary/aromatic N) is 2. The predicted octanol–water partition coefficient (Wildman–Crippen LogP) is 7.75. The molecule has 1 aliphatic rings. The molecule has 4 aromatic carbocycles. The summed E-state index contributed by atoms with van der Waals surface area (Å²) in [6.45, 7) is 4.12. The van der Waals surface area contributed by atoms with Crippen LogP contribution < -0.4 is 14.2 Å². The number of hydrogen-bond acceptors (Lipinski definition) is 5. The van der Waals surface area contributed by atoms with Crippen molar-refractivity contribution >= 4 is 17.8 Å². The minimum atomic E-state index is 0.109. The van der Waals surface area contributed by atoms with Gasteiger partial charge < -0.3 is 19.1 Å². The Hall–Kier alpha value is -4.58. The van der Waals surface area contributed by atoms with Crippen LogP contribution in [0.1, 0.15) is 46.3 Å². The number of amides is 1. The van der Waals surface area contributed by atoms with Crippen LogP contribution in [0.3, 0.4) is 0 Å². The molecule has 5 rings (SSSR count). The lowest BCUT2D eigenvalue weighted by Crippen LogP contribution is -2.35. The third-order valence-corrected chi connectivity index (χ3v) is 6.88. The third kappa shape index (κ3) is 7.08. The van der Waals surface area contributed by atoms with Crippen LogP contribution in [0.25, 0.3) is 0 Å². The average Bonchev–Trinajstić information content (AvgIpc) is 3.01. The van der Waals surface area contributed by atoms with Crippen LogP contribution in [0.2, 0.25) is 0 Å². The van der Waals surface area contributed by atoms with Gasteiger partial charge in [-0.2, -0.15) is 0 Å². The van der Waals surface area contributed by atoms with E-state index in [0.717, 1.165) is 59.8 Å². The van der Waals surface area contributed by atoms with Crippen molar-refractivity contribution < 1.29 is 19.0 Å². The van der Waals surface area contributed by atoms with Crippen molar-refractivity contribution in [1.82, 2.24) is 4.90 Å². The zero-order chi connectivity index (χ0) is 27.7. The van der Waals surface area contributed by atoms with Gasteiger partial charge in [-0.15, -0.1) is 0 Å². The summed E-state index contributed by atoms with van der Waals surface area (Å²) >= 11 is 0. The van der Waals surface area contributed by atoms with Crippen molar-refractivity contribution in [2.75, 3.05) is 20.2 Å². The Kier molecular flexibility index (Phi) is 8.76. The van der Waals surface area contributed by atoms with Gasteiger partial charge in [-0.25, -0.2) is 0 Å². The highest BCUT2D eigenvalue weighted by atomic mass is 16.5. The van der Waals surface area contributed by atoms with Crippen LogP contribution in [-0.4, -0.2) is 37.2 Å². The van der Waals surface area contributed by atoms with Gasteiger partial charge in [0.2, 0.25) is 0 Å². The highest BCUT2D eigenvalue weighted by molar-refractivity contribution is 5.94. The van der Waals surface area contributed by atoms with Crippen LogP contribution in [0, 0.1) is 6.92 Å². The molecule has 6 nitrogen and oxygen atoms in total. The molecular weight excluding hydrogens is 500 g/mol. The second-order valence-corrected chi connectivity index (χ2v) is 9.92. The maximum atomic E-state index is 12.7. The molecule has 1 heterocycles. The molecule has 0 aliphatic carbocycles. The minimum Gasteiger partial charge on any atom is -0.493 e. The first-order chi connectivity index (χ1) is 19.6. The molecule has 0 unspecified atom stereocenters. The van der Waals surface area contributed by atoms with Crippen LogP contribution in [0.5, 0.6) is 23.0 Å². The number of carbonyl (C=O) groups excluding carboxylic acids is 1. The molecule has 0 N–H and O–H groups in total. The van der Waals surface area contributed by atoms with Crippen molar-refractivity contribution in [3.63, 3.8) is 0 Å². The SMILES string of the molecule is COc1cc(C=Nc2ccc(Oc3ccc(C)cc3)cc2)ccc1OCc1ccc(C(=O)N2CCCCC2)cc1. The van der Waals surface area contributed by atoms with E-state index in [1.54, 1.807) is 13.3 Å². The maximum absolute atomic E-state index is 12.7. The summed E-state index contributed by atoms with van der Waals surface area (Å²) in [7, 11) is 1.62. The van der Waals surface area contributed by atoms with E-state index in [2.05, 4.69) is 4.99 Å². The summed E-state index contributed by atoms with van der Waals surface area (Å²) in [6, 6.07) is 29.0. The van der Waals surface area contributed by atoms with Gasteiger partial charge in [0, 0.05) is 24.9 Å². The monoisotopic (exact) mass is 534 g/mol. The Morgan fingerprint density at radius 1 is 0.825 bits per heavy atom. The van der Waals surface area contributed by atoms with E-state index in [4.69, 9.17) is 14.2 Å². The molecule has 0 spiro atoms. The van der Waals surface area contributed by atoms with Gasteiger partial charge in [0.1, 0.15) is 18.1 Å². The molecule has 0 saturated carbocycles. The highest BCUT2D eigenvalue weighted by Crippen LogP contribution is 2.29. The molecule has 4 aromatic rings. The third-order valence-electron chi connectivity index (χ3n) is 6.88. The first-order valence-corrected chi connectivity index (χ1v) is 13.6. The number of likely N-dealkylation sites (tertiary alicyclic amines) is 1. The van der Waals surface area contributed by atoms with E-state index < -0.39 is 0 Å². The average molecular weight is 535 g/mol. The highest BCUT2D eigenvalue weighted by Gasteiger charge is 2.18. The summed E-state index contributed by atoms with van der Waals surface area (Å²) in [4.78, 5) is 19.2. The van der Waals surface area contributed by atoms with Gasteiger partial charge in [0.05, 0.1) is 12.8 Å². The van der Waals surface area contributed by atoms with Crippen molar-refractivity contribution in [2.45, 2.75) is 32.8 Å². The summed E-state index contributed by atoms with van der Waals surface area (Å²) in [5, 5.41) is 0. The normalized spacial score (nSPS) is 13.3. The number of hydrogen-bond donors (Lipinski definition) is 0. The lowest BCUT2D eigenvalue weighted by atomic mass is 10.1. The Morgan fingerprint density at radius 2 is 1.50 bits per heavy atom. The van der Waals surface area contributed by atoms with Crippen LogP contribution >= 0.6 is 0 Å². The number of piperidine rings is 1. The van der Waals surface area contributed by atoms with Crippen molar-refractivity contribution in [3.05, 3.63) is 113 Å². The fraction of sp³-hybridized carbons (Fsp3) is 0.235. The Morgan fingerprint density at radius 3 is 2.17 bits per heavy atom. The zero-order valence-electron chi connectivity index (χ0n) is 23.0. The number of benzene rings is 4. The largest absolute Gasteiger partial charge is 0.493 e. The lowest BCUT2D eigenvalue weighted by molar-refractivity contribution is 0.0724. The number of rotatable bonds is 9. The van der Waals surface area contributed by atoms with E-state index in [0.29, 0.717) is 18.1 Å². The molecule has 1 aliphatic heterocycles. The summed E-state index contributed by atoms with van der Waals surface area (Å²) < 4.78 is 17.5. The Bertz CT molecular complexity index is 1440. The topological polar surface area (TPSA) is 60.4 Å². The maximum Gasteiger partial charge on any atom is 0.253 e. The second-order valence-electron chi connectivity index (χ2n) is 9.92. The van der Waals surface area contributed by atoms with Crippen LogP contribution in [0.4, 0.5) is 5.69 Å². The van der Waals surface area contributed by atoms with Gasteiger partial charge in [-0.1, -0.05) is 29.8 Å². The van der Waals surface area contributed by atoms with Crippen molar-refractivity contribution in [1.29, 1.82) is 0 Å². The van der Waals surface area contributed by atoms with E-state index in [1.165, 1.54) is 12.0 Å². The van der Waals surface area contributed by atoms with Gasteiger partial charge in [0.25, 0.3) is 5.91 Å². The van der Waals surface area contributed by atoms with Gasteiger partial charge in [-0.3, -0.25) is 9.79 Å². The molecular formula is C34H34N2O4. The summed E-state index contributed by atoms with van der Waals surface area (Å²) in [5.41, 5.74) is 4.61. The van der Waals surface area contributed by atoms with Crippen LogP contribution in [-0.2, 0) is 6.61 Å². The lowest BCUT2D eigenvalue weighted by Gasteiger charge is -2.26. The first-order valence-electron chi connectivity index (χ1n) is 13.6. The van der Waals surface area contributed by atoms with E-state index >= 15 is 0 Å². The molecule has 0 aromatic heterocycles. The number of carbonyl (C=O) groups is 1. The minimum absolute atomic E-state index is 0.109. The smallest absolute Gasteiger partial charge is 0.253 e. The fourth-order valence-corrected chi connectivity index (χ4v) is 4.56. The van der Waals surface area contributed by atoms with Crippen molar-refractivity contribution in [2.24, 2.45) is 4.99 Å². The molecule has 0 radical (unpaired) electrons. The zero-order valence-corrected chi connectivity index (χ0v) is 23.0. The predicted molar refractivity (Wildman–Crippen MR) is 158 cm³/mol. The van der Waals surface area contributed by atoms with Gasteiger partial charge in [0.15, 0.2) is 11.5 Å². The van der Waals surface area contributed by atoms with Crippen LogP contribution in [0.15, 0.2) is 96.0 Å². The number of ether oxygens (including phenoxy) is 3. The molecule has 1 fully saturated rings. The van der Waals surface area contributed by atoms with E-state index in [-0.39, 0.29) is 5.91 Å². The molecule has 1 saturated heterocycles. The molecule has 1 amide bonds. The molecule has 0 atom stereocenters. The Labute approximate surface area is 235 Å². The molecule has 0 bridgehead atoms. The van der Waals surface area contributed by atoms with E-state index in [1.807, 2.05) is 103 Å². The Balaban J connectivity index is 1.16. The quantitative estimate of drug-likeness (QED) is 0.206. The molecule has 40 heavy (non-hydrogen) atoms. The molecule has 6 heteroatoms. The van der Waals surface area contributed by atoms with E-state index in [9.17, 15) is 4.79 Å². The number of methoxy groups -OCH3 is 1. The summed E-state index contributed by atoms with van der Waals surface area (Å²) in [6.07, 6.45) is 5.17. The fourth-order valence-electron chi connectivity index (χ4n) is 4.56. The van der Waals surface area contributed by atoms with Gasteiger partial charge in [-0.05, 0) is 104 Å². The number of aliphatic imine (C=N–C) groups is 1. The summed E-state index contributed by atoms with van der Waals surface area (Å²) in [5.74, 6) is 2.94. The first kappa shape index (κ1) is 27.0. The standard InChI is InChI=1S/C34H34N2O4/c1-25-6-15-30(16-7-25)40-31-17-13-29(14-18-31)35-23-27-10-19-32(33(22-27)38-2)39-24-26-8-11-28(12-9-26)34(37)36-20-4-3-5-21-36/h6-19,22-23H,3-5,20-21,24H2,1-2H3. The van der Waals surface area contributed by atoms with Crippen molar-refractivity contribution in [3.8, 4) is 23.0 Å². The number of aryl methyl sites for hydroxylation is 1. The second kappa shape index (κ2) is 13.0.